The maximum absolute atomic E-state index is 12.7. The Balaban J connectivity index is 4.35. The lowest BCUT2D eigenvalue weighted by molar-refractivity contribution is -0.167. The molecule has 0 fully saturated rings. The Labute approximate surface area is 321 Å². The van der Waals surface area contributed by atoms with Crippen LogP contribution in [0.25, 0.3) is 0 Å². The fourth-order valence-corrected chi connectivity index (χ4v) is 6.10. The van der Waals surface area contributed by atoms with Gasteiger partial charge in [-0.3, -0.25) is 14.4 Å². The predicted molar refractivity (Wildman–Crippen MR) is 219 cm³/mol. The summed E-state index contributed by atoms with van der Waals surface area (Å²) in [5.74, 6) is -0.897. The summed E-state index contributed by atoms with van der Waals surface area (Å²) >= 11 is 0. The minimum absolute atomic E-state index is 0.0752. The lowest BCUT2D eigenvalue weighted by atomic mass is 10.1. The molecule has 0 saturated carbocycles. The summed E-state index contributed by atoms with van der Waals surface area (Å²) in [5.41, 5.74) is 0. The van der Waals surface area contributed by atoms with E-state index < -0.39 is 6.10 Å². The van der Waals surface area contributed by atoms with Gasteiger partial charge >= 0.3 is 17.9 Å². The van der Waals surface area contributed by atoms with E-state index in [0.717, 1.165) is 96.3 Å². The lowest BCUT2D eigenvalue weighted by Crippen LogP contribution is -2.30. The van der Waals surface area contributed by atoms with Gasteiger partial charge in [-0.15, -0.1) is 0 Å². The average molecular weight is 731 g/mol. The van der Waals surface area contributed by atoms with Crippen LogP contribution in [0, 0.1) is 0 Å². The summed E-state index contributed by atoms with van der Waals surface area (Å²) in [4.78, 5) is 37.6. The minimum atomic E-state index is -0.770. The molecule has 0 aromatic carbocycles. The summed E-state index contributed by atoms with van der Waals surface area (Å²) in [5, 5.41) is 0. The average Bonchev–Trinajstić information content (AvgIpc) is 3.14. The molecule has 6 nitrogen and oxygen atoms in total. The first-order valence-electron chi connectivity index (χ1n) is 22.0. The number of carbonyl (C=O) groups is 3. The van der Waals surface area contributed by atoms with E-state index in [4.69, 9.17) is 14.2 Å². The molecular formula is C46H82O6. The minimum Gasteiger partial charge on any atom is -0.462 e. The van der Waals surface area contributed by atoms with Gasteiger partial charge in [0, 0.05) is 19.3 Å². The van der Waals surface area contributed by atoms with Crippen molar-refractivity contribution in [2.45, 2.75) is 226 Å². The molecule has 0 N–H and O–H groups in total. The number of ether oxygens (including phenoxy) is 3. The first kappa shape index (κ1) is 49.6. The van der Waals surface area contributed by atoms with Crippen LogP contribution in [0.5, 0.6) is 0 Å². The van der Waals surface area contributed by atoms with E-state index in [1.165, 1.54) is 83.5 Å². The molecule has 0 aliphatic rings. The molecule has 0 rings (SSSR count). The molecular weight excluding hydrogens is 648 g/mol. The van der Waals surface area contributed by atoms with Crippen molar-refractivity contribution in [3.05, 3.63) is 36.5 Å². The van der Waals surface area contributed by atoms with Crippen molar-refractivity contribution in [1.29, 1.82) is 0 Å². The zero-order valence-corrected chi connectivity index (χ0v) is 34.3. The SMILES string of the molecule is CC/C=C\C/C=C\C/C=C\CCCCCCCC(=O)OCC(COC(=O)CCCCCCCCCC)OC(=O)CCCCCCCCCCCCC. The highest BCUT2D eigenvalue weighted by Gasteiger charge is 2.19. The van der Waals surface area contributed by atoms with E-state index in [9.17, 15) is 14.4 Å². The second-order valence-corrected chi connectivity index (χ2v) is 14.6. The number of esters is 3. The van der Waals surface area contributed by atoms with Crippen LogP contribution in [0.4, 0.5) is 0 Å². The van der Waals surface area contributed by atoms with E-state index in [1.807, 2.05) is 0 Å². The van der Waals surface area contributed by atoms with Gasteiger partial charge in [0.15, 0.2) is 6.10 Å². The van der Waals surface area contributed by atoms with E-state index in [1.54, 1.807) is 0 Å². The standard InChI is InChI=1S/C46H82O6/c1-4-7-10-13-16-19-21-22-23-24-26-27-30-33-36-39-45(48)51-42-43(41-50-44(47)38-35-32-29-18-15-12-9-6-3)52-46(49)40-37-34-31-28-25-20-17-14-11-8-5-2/h7,10,16,19,22-23,43H,4-6,8-9,11-15,17-18,20-21,24-42H2,1-3H3/b10-7-,19-16-,23-22-. The Morgan fingerprint density at radius 3 is 1.17 bits per heavy atom. The van der Waals surface area contributed by atoms with Crippen molar-refractivity contribution >= 4 is 17.9 Å². The van der Waals surface area contributed by atoms with Crippen LogP contribution in [-0.2, 0) is 28.6 Å². The van der Waals surface area contributed by atoms with Gasteiger partial charge in [0.1, 0.15) is 13.2 Å². The topological polar surface area (TPSA) is 78.9 Å². The van der Waals surface area contributed by atoms with Crippen LogP contribution in [0.15, 0.2) is 36.5 Å². The Morgan fingerprint density at radius 1 is 0.404 bits per heavy atom. The van der Waals surface area contributed by atoms with Gasteiger partial charge in [0.05, 0.1) is 0 Å². The van der Waals surface area contributed by atoms with Crippen LogP contribution in [0.3, 0.4) is 0 Å². The molecule has 52 heavy (non-hydrogen) atoms. The predicted octanol–water partition coefficient (Wildman–Crippen LogP) is 13.8. The molecule has 1 atom stereocenters. The molecule has 302 valence electrons. The highest BCUT2D eigenvalue weighted by Crippen LogP contribution is 2.14. The summed E-state index contributed by atoms with van der Waals surface area (Å²) in [6.07, 6.45) is 45.6. The van der Waals surface area contributed by atoms with Crippen LogP contribution in [0.2, 0.25) is 0 Å². The third-order valence-corrected chi connectivity index (χ3v) is 9.41. The van der Waals surface area contributed by atoms with E-state index in [-0.39, 0.29) is 31.1 Å². The Kier molecular flexibility index (Phi) is 39.5. The van der Waals surface area contributed by atoms with Gasteiger partial charge in [-0.25, -0.2) is 0 Å². The maximum Gasteiger partial charge on any atom is 0.306 e. The molecule has 0 spiro atoms. The summed E-state index contributed by atoms with van der Waals surface area (Å²) < 4.78 is 16.6. The molecule has 0 aliphatic carbocycles. The molecule has 0 radical (unpaired) electrons. The Hall–Kier alpha value is -2.37. The number of hydrogen-bond acceptors (Lipinski definition) is 6. The third kappa shape index (κ3) is 38.9. The van der Waals surface area contributed by atoms with Gasteiger partial charge < -0.3 is 14.2 Å². The largest absolute Gasteiger partial charge is 0.462 e. The smallest absolute Gasteiger partial charge is 0.306 e. The molecule has 0 aromatic heterocycles. The van der Waals surface area contributed by atoms with Crippen molar-refractivity contribution in [3.8, 4) is 0 Å². The molecule has 0 heterocycles. The first-order chi connectivity index (χ1) is 25.5. The number of hydrogen-bond donors (Lipinski definition) is 0. The first-order valence-corrected chi connectivity index (χ1v) is 22.0. The fourth-order valence-electron chi connectivity index (χ4n) is 6.10. The molecule has 0 amide bonds. The molecule has 6 heteroatoms. The molecule has 0 aromatic rings. The molecule has 0 bridgehead atoms. The summed E-state index contributed by atoms with van der Waals surface area (Å²) in [7, 11) is 0. The third-order valence-electron chi connectivity index (χ3n) is 9.41. The van der Waals surface area contributed by atoms with Crippen LogP contribution >= 0.6 is 0 Å². The second-order valence-electron chi connectivity index (χ2n) is 14.6. The van der Waals surface area contributed by atoms with Gasteiger partial charge in [-0.05, 0) is 51.4 Å². The van der Waals surface area contributed by atoms with Crippen LogP contribution in [-0.4, -0.2) is 37.2 Å². The normalized spacial score (nSPS) is 12.3. The number of unbranched alkanes of at least 4 members (excludes halogenated alkanes) is 22. The zero-order valence-electron chi connectivity index (χ0n) is 34.3. The van der Waals surface area contributed by atoms with Crippen molar-refractivity contribution in [2.75, 3.05) is 13.2 Å². The molecule has 0 aliphatic heterocycles. The monoisotopic (exact) mass is 731 g/mol. The van der Waals surface area contributed by atoms with Crippen molar-refractivity contribution in [3.63, 3.8) is 0 Å². The van der Waals surface area contributed by atoms with Crippen molar-refractivity contribution < 1.29 is 28.6 Å². The molecule has 1 unspecified atom stereocenters. The Bertz CT molecular complexity index is 891. The number of carbonyl (C=O) groups excluding carboxylic acids is 3. The number of rotatable bonds is 39. The summed E-state index contributed by atoms with van der Waals surface area (Å²) in [6.45, 7) is 6.47. The second kappa shape index (κ2) is 41.4. The highest BCUT2D eigenvalue weighted by atomic mass is 16.6. The molecule has 0 saturated heterocycles. The van der Waals surface area contributed by atoms with Crippen molar-refractivity contribution in [2.24, 2.45) is 0 Å². The van der Waals surface area contributed by atoms with E-state index >= 15 is 0 Å². The van der Waals surface area contributed by atoms with Gasteiger partial charge in [-0.1, -0.05) is 186 Å². The van der Waals surface area contributed by atoms with E-state index in [0.29, 0.717) is 19.3 Å². The van der Waals surface area contributed by atoms with Crippen molar-refractivity contribution in [1.82, 2.24) is 0 Å². The lowest BCUT2D eigenvalue weighted by Gasteiger charge is -2.18. The van der Waals surface area contributed by atoms with Crippen LogP contribution in [0.1, 0.15) is 220 Å². The maximum atomic E-state index is 12.7. The van der Waals surface area contributed by atoms with Gasteiger partial charge in [0.25, 0.3) is 0 Å². The fraction of sp³-hybridized carbons (Fsp3) is 0.804. The quantitative estimate of drug-likeness (QED) is 0.0271. The summed E-state index contributed by atoms with van der Waals surface area (Å²) in [6, 6.07) is 0. The van der Waals surface area contributed by atoms with Crippen LogP contribution < -0.4 is 0 Å². The number of allylic oxidation sites excluding steroid dienone is 6. The van der Waals surface area contributed by atoms with Gasteiger partial charge in [0.2, 0.25) is 0 Å². The van der Waals surface area contributed by atoms with E-state index in [2.05, 4.69) is 57.2 Å². The highest BCUT2D eigenvalue weighted by molar-refractivity contribution is 5.71. The Morgan fingerprint density at radius 2 is 0.750 bits per heavy atom. The zero-order chi connectivity index (χ0) is 38.0. The van der Waals surface area contributed by atoms with Gasteiger partial charge in [-0.2, -0.15) is 0 Å².